The maximum absolute atomic E-state index is 15.1. The maximum Gasteiger partial charge on any atom is 0.435 e. The molecule has 6 N–H and O–H groups in total. The van der Waals surface area contributed by atoms with Gasteiger partial charge in [-0.3, -0.25) is 24.1 Å². The van der Waals surface area contributed by atoms with E-state index in [-0.39, 0.29) is 70.8 Å². The average molecular weight is 888 g/mol. The summed E-state index contributed by atoms with van der Waals surface area (Å²) in [5.74, 6) is -3.04. The number of alkyl halides is 3. The number of nitrogens with zero attached hydrogens (tertiary/aromatic N) is 7. The number of nitrogens with two attached hydrogens (primary N) is 1. The number of rotatable bonds is 18. The normalized spacial score (nSPS) is 15.1. The Labute approximate surface area is 360 Å². The highest BCUT2D eigenvalue weighted by Crippen LogP contribution is 2.37. The summed E-state index contributed by atoms with van der Waals surface area (Å²) in [6.07, 6.45) is -1.07. The zero-order chi connectivity index (χ0) is 44.7. The molecule has 2 aromatic carbocycles. The van der Waals surface area contributed by atoms with Crippen LogP contribution in [0.3, 0.4) is 0 Å². The first-order valence-corrected chi connectivity index (χ1v) is 20.7. The minimum absolute atomic E-state index is 0.0296. The zero-order valence-corrected chi connectivity index (χ0v) is 35.1. The molecule has 0 radical (unpaired) electrons. The molecule has 2 saturated heterocycles. The zero-order valence-electron chi connectivity index (χ0n) is 34.4. The number of aliphatic carboxylic acids is 1. The quantitative estimate of drug-likeness (QED) is 0.0702. The summed E-state index contributed by atoms with van der Waals surface area (Å²) in [5.41, 5.74) is 4.19. The van der Waals surface area contributed by atoms with Crippen LogP contribution in [0.15, 0.2) is 48.8 Å². The lowest BCUT2D eigenvalue weighted by atomic mass is 9.98. The van der Waals surface area contributed by atoms with E-state index in [1.165, 1.54) is 37.4 Å². The number of nitrogens with one attached hydrogen (secondary N) is 3. The van der Waals surface area contributed by atoms with Gasteiger partial charge in [0.1, 0.15) is 5.69 Å². The van der Waals surface area contributed by atoms with Gasteiger partial charge in [-0.1, -0.05) is 18.5 Å². The SMILES string of the molecule is CCC(CCN(CC(=O)O)CC1CNC1)C(=O)N1CCN(C(=O)c2ccc(NC(=O)c3ncc(-c4cn(-c5ccc(NCCCN)cc5F)nc4C(F)(F)F)n3C)cc2Cl)CC1. The summed E-state index contributed by atoms with van der Waals surface area (Å²) in [4.78, 5) is 61.1. The first kappa shape index (κ1) is 45.9. The fourth-order valence-electron chi connectivity index (χ4n) is 7.52. The van der Waals surface area contributed by atoms with Crippen LogP contribution in [0.4, 0.5) is 28.9 Å². The minimum Gasteiger partial charge on any atom is -0.480 e. The molecule has 3 amide bonds. The van der Waals surface area contributed by atoms with Crippen molar-refractivity contribution in [3.8, 4) is 16.9 Å². The van der Waals surface area contributed by atoms with Gasteiger partial charge in [-0.2, -0.15) is 18.3 Å². The van der Waals surface area contributed by atoms with Crippen LogP contribution in [0.2, 0.25) is 5.02 Å². The molecule has 0 aliphatic carbocycles. The molecule has 334 valence electrons. The fraction of sp³-hybridized carbons (Fsp3) is 0.463. The van der Waals surface area contributed by atoms with Gasteiger partial charge in [0.25, 0.3) is 11.8 Å². The largest absolute Gasteiger partial charge is 0.480 e. The number of halogens is 5. The molecule has 4 heterocycles. The number of imidazole rings is 1. The molecule has 2 fully saturated rings. The second kappa shape index (κ2) is 20.1. The van der Waals surface area contributed by atoms with E-state index >= 15 is 4.39 Å². The van der Waals surface area contributed by atoms with Crippen LogP contribution >= 0.6 is 11.6 Å². The first-order valence-electron chi connectivity index (χ1n) is 20.3. The number of carboxylic acid groups (broad SMARTS) is 1. The van der Waals surface area contributed by atoms with Crippen molar-refractivity contribution in [3.63, 3.8) is 0 Å². The number of piperazine rings is 1. The highest BCUT2D eigenvalue weighted by molar-refractivity contribution is 6.34. The molecule has 0 spiro atoms. The number of carbonyl (C=O) groups excluding carboxylic acids is 3. The number of hydrogen-bond acceptors (Lipinski definition) is 10. The Morgan fingerprint density at radius 1 is 1.06 bits per heavy atom. The number of aromatic nitrogens is 4. The smallest absolute Gasteiger partial charge is 0.435 e. The third kappa shape index (κ3) is 10.9. The number of hydrogen-bond donors (Lipinski definition) is 5. The molecule has 6 rings (SSSR count). The standard InChI is InChI=1S/C41H50ClF4N11O5/c1-3-26(9-12-54(24-35(58)59)22-25-19-48-20-25)39(61)55-13-15-56(16-14-55)40(62)29-7-5-28(17-31(29)42)51-38(60)37-50-21-34(53(37)2)30-23-57(52-36(30)41(44,45)46)33-8-6-27(18-32(33)43)49-11-4-10-47/h5-8,17-18,21,23,25-26,48-49H,3-4,9-16,19-20,22,24,47H2,1-2H3,(H,51,60)(H,58,59). The van der Waals surface area contributed by atoms with Crippen molar-refractivity contribution in [3.05, 3.63) is 76.7 Å². The lowest BCUT2D eigenvalue weighted by Gasteiger charge is -2.37. The highest BCUT2D eigenvalue weighted by atomic mass is 35.5. The Morgan fingerprint density at radius 2 is 1.77 bits per heavy atom. The van der Waals surface area contributed by atoms with Crippen molar-refractivity contribution < 1.29 is 41.8 Å². The minimum atomic E-state index is -4.94. The van der Waals surface area contributed by atoms with Crippen LogP contribution in [-0.2, 0) is 22.8 Å². The van der Waals surface area contributed by atoms with Crippen molar-refractivity contribution >= 4 is 46.7 Å². The second-order valence-electron chi connectivity index (χ2n) is 15.4. The Bertz CT molecular complexity index is 2260. The summed E-state index contributed by atoms with van der Waals surface area (Å²) < 4.78 is 59.9. The molecule has 62 heavy (non-hydrogen) atoms. The molecule has 4 aromatic rings. The summed E-state index contributed by atoms with van der Waals surface area (Å²) in [6, 6.07) is 8.24. The maximum atomic E-state index is 15.1. The van der Waals surface area contributed by atoms with Crippen LogP contribution < -0.4 is 21.7 Å². The van der Waals surface area contributed by atoms with Crippen LogP contribution in [-0.4, -0.2) is 135 Å². The molecule has 2 aliphatic rings. The molecule has 1 unspecified atom stereocenters. The van der Waals surface area contributed by atoms with Gasteiger partial charge >= 0.3 is 12.1 Å². The van der Waals surface area contributed by atoms with E-state index in [0.29, 0.717) is 70.1 Å². The summed E-state index contributed by atoms with van der Waals surface area (Å²) >= 11 is 6.55. The molecule has 16 nitrogen and oxygen atoms in total. The van der Waals surface area contributed by atoms with Gasteiger partial charge < -0.3 is 41.2 Å². The number of amides is 3. The van der Waals surface area contributed by atoms with Crippen molar-refractivity contribution in [2.24, 2.45) is 24.6 Å². The number of carboxylic acids is 1. The monoisotopic (exact) mass is 887 g/mol. The van der Waals surface area contributed by atoms with E-state index in [0.717, 1.165) is 40.8 Å². The lowest BCUT2D eigenvalue weighted by Crippen LogP contribution is -2.52. The molecular weight excluding hydrogens is 838 g/mol. The van der Waals surface area contributed by atoms with E-state index in [1.807, 2.05) is 11.8 Å². The van der Waals surface area contributed by atoms with Gasteiger partial charge in [-0.25, -0.2) is 14.1 Å². The van der Waals surface area contributed by atoms with Crippen molar-refractivity contribution in [2.45, 2.75) is 32.4 Å². The molecule has 1 atom stereocenters. The Morgan fingerprint density at radius 3 is 2.39 bits per heavy atom. The summed E-state index contributed by atoms with van der Waals surface area (Å²) in [7, 11) is 1.35. The molecule has 2 aliphatic heterocycles. The van der Waals surface area contributed by atoms with E-state index in [1.54, 1.807) is 9.80 Å². The molecule has 21 heteroatoms. The summed E-state index contributed by atoms with van der Waals surface area (Å²) in [5, 5.41) is 21.9. The lowest BCUT2D eigenvalue weighted by molar-refractivity contribution is -0.141. The van der Waals surface area contributed by atoms with Gasteiger partial charge in [0.2, 0.25) is 5.91 Å². The van der Waals surface area contributed by atoms with Gasteiger partial charge in [-0.05, 0) is 74.7 Å². The molecule has 0 saturated carbocycles. The van der Waals surface area contributed by atoms with E-state index in [2.05, 4.69) is 26.0 Å². The third-order valence-corrected chi connectivity index (χ3v) is 11.4. The van der Waals surface area contributed by atoms with E-state index in [9.17, 15) is 37.5 Å². The van der Waals surface area contributed by atoms with Gasteiger partial charge in [0.05, 0.1) is 34.6 Å². The average Bonchev–Trinajstić information content (AvgIpc) is 3.83. The van der Waals surface area contributed by atoms with Crippen molar-refractivity contribution in [1.29, 1.82) is 0 Å². The van der Waals surface area contributed by atoms with Crippen LogP contribution in [0.25, 0.3) is 16.9 Å². The van der Waals surface area contributed by atoms with Crippen LogP contribution in [0.1, 0.15) is 52.9 Å². The number of anilines is 2. The van der Waals surface area contributed by atoms with E-state index < -0.39 is 35.1 Å². The second-order valence-corrected chi connectivity index (χ2v) is 15.8. The van der Waals surface area contributed by atoms with Gasteiger partial charge in [0, 0.05) is 82.9 Å². The number of benzene rings is 2. The third-order valence-electron chi connectivity index (χ3n) is 11.1. The predicted octanol–water partition coefficient (Wildman–Crippen LogP) is 4.40. The van der Waals surface area contributed by atoms with Crippen LogP contribution in [0, 0.1) is 17.7 Å². The Kier molecular flexibility index (Phi) is 14.9. The Balaban J connectivity index is 1.07. The van der Waals surface area contributed by atoms with Gasteiger partial charge in [0.15, 0.2) is 17.3 Å². The highest BCUT2D eigenvalue weighted by Gasteiger charge is 2.39. The van der Waals surface area contributed by atoms with Crippen LogP contribution in [0.5, 0.6) is 0 Å². The molecule has 2 aromatic heterocycles. The fourth-order valence-corrected chi connectivity index (χ4v) is 7.79. The van der Waals surface area contributed by atoms with E-state index in [4.69, 9.17) is 17.3 Å². The summed E-state index contributed by atoms with van der Waals surface area (Å²) in [6.45, 7) is 6.77. The Hall–Kier alpha value is -5.57. The molecular formula is C41H50ClF4N11O5. The predicted molar refractivity (Wildman–Crippen MR) is 224 cm³/mol. The van der Waals surface area contributed by atoms with Crippen molar-refractivity contribution in [1.82, 2.24) is 39.3 Å². The van der Waals surface area contributed by atoms with Crippen molar-refractivity contribution in [2.75, 3.05) is 82.6 Å². The van der Waals surface area contributed by atoms with Gasteiger partial charge in [-0.15, -0.1) is 0 Å². The molecule has 0 bridgehead atoms. The first-order chi connectivity index (χ1) is 29.6. The number of carbonyl (C=O) groups is 4. The topological polar surface area (TPSA) is 196 Å².